The molecule has 1 saturated heterocycles. The summed E-state index contributed by atoms with van der Waals surface area (Å²) in [5.74, 6) is 1.56. The Morgan fingerprint density at radius 1 is 1.38 bits per heavy atom. The third kappa shape index (κ3) is 3.38. The van der Waals surface area contributed by atoms with Crippen molar-refractivity contribution in [2.45, 2.75) is 45.6 Å². The Morgan fingerprint density at radius 2 is 2.12 bits per heavy atom. The second-order valence-electron chi connectivity index (χ2n) is 7.21. The summed E-state index contributed by atoms with van der Waals surface area (Å²) in [6, 6.07) is 0.174. The van der Waals surface area contributed by atoms with Crippen LogP contribution in [0.4, 0.5) is 5.82 Å². The van der Waals surface area contributed by atoms with Crippen LogP contribution in [-0.2, 0) is 9.53 Å². The highest BCUT2D eigenvalue weighted by molar-refractivity contribution is 5.85. The SMILES string of the molecule is CCC[C@@H]1CN(c2nccnc2C)C[C@H]1NC(=O)C1(COC)CC1. The predicted octanol–water partition coefficient (Wildman–Crippen LogP) is 1.93. The minimum atomic E-state index is -0.276. The van der Waals surface area contributed by atoms with Crippen LogP contribution in [0.15, 0.2) is 12.4 Å². The molecular formula is C18H28N4O2. The first kappa shape index (κ1) is 17.1. The molecule has 2 fully saturated rings. The van der Waals surface area contributed by atoms with Gasteiger partial charge in [0.25, 0.3) is 0 Å². The van der Waals surface area contributed by atoms with Crippen molar-refractivity contribution in [1.82, 2.24) is 15.3 Å². The minimum Gasteiger partial charge on any atom is -0.384 e. The molecule has 1 aromatic rings. The number of aromatic nitrogens is 2. The average Bonchev–Trinajstić information content (AvgIpc) is 3.25. The van der Waals surface area contributed by atoms with Crippen LogP contribution >= 0.6 is 0 Å². The van der Waals surface area contributed by atoms with Crippen LogP contribution in [-0.4, -0.2) is 48.7 Å². The Hall–Kier alpha value is -1.69. The summed E-state index contributed by atoms with van der Waals surface area (Å²) >= 11 is 0. The van der Waals surface area contributed by atoms with Crippen molar-refractivity contribution in [3.8, 4) is 0 Å². The average molecular weight is 332 g/mol. The topological polar surface area (TPSA) is 67.4 Å². The highest BCUT2D eigenvalue weighted by atomic mass is 16.5. The van der Waals surface area contributed by atoms with Crippen molar-refractivity contribution in [1.29, 1.82) is 0 Å². The first-order valence-corrected chi connectivity index (χ1v) is 8.92. The standard InChI is InChI=1S/C18H28N4O2/c1-4-5-14-10-22(16-13(2)19-8-9-20-16)11-15(14)21-17(23)18(6-7-18)12-24-3/h8-9,14-15H,4-7,10-12H2,1-3H3,(H,21,23)/t14-,15-/m1/s1. The van der Waals surface area contributed by atoms with Gasteiger partial charge in [-0.1, -0.05) is 13.3 Å². The summed E-state index contributed by atoms with van der Waals surface area (Å²) in [6.07, 6.45) is 7.56. The third-order valence-corrected chi connectivity index (χ3v) is 5.33. The molecule has 0 radical (unpaired) electrons. The van der Waals surface area contributed by atoms with Gasteiger partial charge in [-0.3, -0.25) is 9.78 Å². The molecule has 1 N–H and O–H groups in total. The Balaban J connectivity index is 1.70. The Morgan fingerprint density at radius 3 is 2.75 bits per heavy atom. The van der Waals surface area contributed by atoms with Gasteiger partial charge in [0.05, 0.1) is 23.8 Å². The van der Waals surface area contributed by atoms with Crippen LogP contribution in [0.1, 0.15) is 38.3 Å². The number of anilines is 1. The third-order valence-electron chi connectivity index (χ3n) is 5.33. The lowest BCUT2D eigenvalue weighted by Gasteiger charge is -2.22. The quantitative estimate of drug-likeness (QED) is 0.826. The molecule has 1 aliphatic carbocycles. The Bertz CT molecular complexity index is 588. The Labute approximate surface area is 144 Å². The van der Waals surface area contributed by atoms with Gasteiger partial charge >= 0.3 is 0 Å². The first-order chi connectivity index (χ1) is 11.6. The van der Waals surface area contributed by atoms with Crippen LogP contribution in [0.3, 0.4) is 0 Å². The zero-order valence-electron chi connectivity index (χ0n) is 14.9. The number of hydrogen-bond donors (Lipinski definition) is 1. The second kappa shape index (κ2) is 7.05. The van der Waals surface area contributed by atoms with Crippen molar-refractivity contribution >= 4 is 11.7 Å². The first-order valence-electron chi connectivity index (χ1n) is 8.92. The van der Waals surface area contributed by atoms with Crippen molar-refractivity contribution in [3.63, 3.8) is 0 Å². The number of rotatable bonds is 7. The van der Waals surface area contributed by atoms with Gasteiger partial charge in [-0.05, 0) is 32.1 Å². The monoisotopic (exact) mass is 332 g/mol. The van der Waals surface area contributed by atoms with Crippen molar-refractivity contribution < 1.29 is 9.53 Å². The smallest absolute Gasteiger partial charge is 0.228 e. The predicted molar refractivity (Wildman–Crippen MR) is 92.9 cm³/mol. The number of ether oxygens (including phenoxy) is 1. The molecule has 2 aliphatic rings. The van der Waals surface area contributed by atoms with Crippen LogP contribution in [0.5, 0.6) is 0 Å². The van der Waals surface area contributed by atoms with E-state index in [9.17, 15) is 4.79 Å². The maximum absolute atomic E-state index is 12.7. The van der Waals surface area contributed by atoms with Gasteiger partial charge in [-0.2, -0.15) is 0 Å². The van der Waals surface area contributed by atoms with Gasteiger partial charge < -0.3 is 15.0 Å². The van der Waals surface area contributed by atoms with Crippen molar-refractivity contribution in [2.24, 2.45) is 11.3 Å². The van der Waals surface area contributed by atoms with Gasteiger partial charge in [0, 0.05) is 32.6 Å². The highest BCUT2D eigenvalue weighted by Crippen LogP contribution is 2.46. The Kier molecular flexibility index (Phi) is 5.04. The number of methoxy groups -OCH3 is 1. The summed E-state index contributed by atoms with van der Waals surface area (Å²) in [7, 11) is 1.67. The molecule has 1 aliphatic heterocycles. The van der Waals surface area contributed by atoms with E-state index >= 15 is 0 Å². The van der Waals surface area contributed by atoms with E-state index in [0.29, 0.717) is 12.5 Å². The molecular weight excluding hydrogens is 304 g/mol. The largest absolute Gasteiger partial charge is 0.384 e. The highest BCUT2D eigenvalue weighted by Gasteiger charge is 2.51. The van der Waals surface area contributed by atoms with Crippen LogP contribution < -0.4 is 10.2 Å². The van der Waals surface area contributed by atoms with Crippen molar-refractivity contribution in [2.75, 3.05) is 31.7 Å². The van der Waals surface area contributed by atoms with E-state index in [1.807, 2.05) is 6.92 Å². The van der Waals surface area contributed by atoms with E-state index in [1.54, 1.807) is 19.5 Å². The summed E-state index contributed by atoms with van der Waals surface area (Å²) < 4.78 is 5.25. The maximum atomic E-state index is 12.7. The molecule has 2 heterocycles. The number of hydrogen-bond acceptors (Lipinski definition) is 5. The van der Waals surface area contributed by atoms with E-state index in [2.05, 4.69) is 27.1 Å². The zero-order valence-corrected chi connectivity index (χ0v) is 14.9. The molecule has 0 spiro atoms. The fraction of sp³-hybridized carbons (Fsp3) is 0.722. The summed E-state index contributed by atoms with van der Waals surface area (Å²) in [6.45, 7) is 6.44. The molecule has 3 rings (SSSR count). The van der Waals surface area contributed by atoms with Crippen LogP contribution in [0.25, 0.3) is 0 Å². The number of nitrogens with zero attached hydrogens (tertiary/aromatic N) is 3. The lowest BCUT2D eigenvalue weighted by Crippen LogP contribution is -2.45. The number of amides is 1. The van der Waals surface area contributed by atoms with E-state index in [4.69, 9.17) is 4.74 Å². The second-order valence-corrected chi connectivity index (χ2v) is 7.21. The zero-order chi connectivity index (χ0) is 17.2. The molecule has 1 aromatic heterocycles. The van der Waals surface area contributed by atoms with Gasteiger partial charge in [-0.25, -0.2) is 4.98 Å². The lowest BCUT2D eigenvalue weighted by atomic mass is 9.97. The minimum absolute atomic E-state index is 0.160. The van der Waals surface area contributed by atoms with E-state index in [0.717, 1.165) is 50.3 Å². The van der Waals surface area contributed by atoms with E-state index in [1.165, 1.54) is 0 Å². The van der Waals surface area contributed by atoms with Crippen LogP contribution in [0, 0.1) is 18.3 Å². The number of nitrogens with one attached hydrogen (secondary N) is 1. The van der Waals surface area contributed by atoms with Gasteiger partial charge in [0.1, 0.15) is 5.82 Å². The molecule has 132 valence electrons. The summed E-state index contributed by atoms with van der Waals surface area (Å²) in [5, 5.41) is 3.31. The molecule has 2 atom stereocenters. The molecule has 0 aromatic carbocycles. The fourth-order valence-corrected chi connectivity index (χ4v) is 3.77. The summed E-state index contributed by atoms with van der Waals surface area (Å²) in [5.41, 5.74) is 0.666. The number of carbonyl (C=O) groups excluding carboxylic acids is 1. The molecule has 1 saturated carbocycles. The van der Waals surface area contributed by atoms with E-state index < -0.39 is 0 Å². The van der Waals surface area contributed by atoms with Gasteiger partial charge in [0.15, 0.2) is 0 Å². The normalized spacial score (nSPS) is 24.9. The van der Waals surface area contributed by atoms with E-state index in [-0.39, 0.29) is 17.4 Å². The maximum Gasteiger partial charge on any atom is 0.228 e. The van der Waals surface area contributed by atoms with Gasteiger partial charge in [0.2, 0.25) is 5.91 Å². The molecule has 0 unspecified atom stereocenters. The molecule has 24 heavy (non-hydrogen) atoms. The fourth-order valence-electron chi connectivity index (χ4n) is 3.77. The number of aryl methyl sites for hydroxylation is 1. The molecule has 1 amide bonds. The molecule has 6 heteroatoms. The number of carbonyl (C=O) groups is 1. The summed E-state index contributed by atoms with van der Waals surface area (Å²) in [4.78, 5) is 23.8. The lowest BCUT2D eigenvalue weighted by molar-refractivity contribution is -0.129. The van der Waals surface area contributed by atoms with Gasteiger partial charge in [-0.15, -0.1) is 0 Å². The van der Waals surface area contributed by atoms with Crippen molar-refractivity contribution in [3.05, 3.63) is 18.1 Å². The van der Waals surface area contributed by atoms with Crippen LogP contribution in [0.2, 0.25) is 0 Å². The molecule has 0 bridgehead atoms. The molecule has 6 nitrogen and oxygen atoms in total.